The van der Waals surface area contributed by atoms with E-state index in [0.717, 1.165) is 36.7 Å². The van der Waals surface area contributed by atoms with E-state index in [2.05, 4.69) is 5.32 Å². The minimum absolute atomic E-state index is 0.240. The van der Waals surface area contributed by atoms with Crippen LogP contribution < -0.4 is 10.1 Å². The molecule has 0 aromatic heterocycles. The van der Waals surface area contributed by atoms with Gasteiger partial charge in [-0.05, 0) is 50.2 Å². The molecule has 1 atom stereocenters. The van der Waals surface area contributed by atoms with Crippen molar-refractivity contribution in [2.75, 3.05) is 39.5 Å². The molecule has 1 N–H and O–H groups in total. The summed E-state index contributed by atoms with van der Waals surface area (Å²) < 4.78 is 5.12. The number of carbonyl (C=O) groups is 1. The minimum Gasteiger partial charge on any atom is -0.497 e. The number of hydrogen-bond acceptors (Lipinski definition) is 4. The summed E-state index contributed by atoms with van der Waals surface area (Å²) in [6.45, 7) is 2.78. The molecule has 1 unspecified atom stereocenters. The Morgan fingerprint density at radius 3 is 2.85 bits per heavy atom. The zero-order valence-corrected chi connectivity index (χ0v) is 12.9. The molecule has 1 saturated heterocycles. The monoisotopic (exact) mass is 294 g/mol. The highest BCUT2D eigenvalue weighted by Crippen LogP contribution is 2.23. The average Bonchev–Trinajstić information content (AvgIpc) is 2.94. The van der Waals surface area contributed by atoms with E-state index in [9.17, 15) is 4.79 Å². The van der Waals surface area contributed by atoms with Crippen molar-refractivity contribution in [3.8, 4) is 5.75 Å². The van der Waals surface area contributed by atoms with Crippen LogP contribution >= 0.6 is 11.8 Å². The molecule has 1 aromatic carbocycles. The average molecular weight is 294 g/mol. The lowest BCUT2D eigenvalue weighted by molar-refractivity contribution is -0.127. The van der Waals surface area contributed by atoms with E-state index < -0.39 is 0 Å². The molecule has 0 radical (unpaired) electrons. The number of ether oxygens (including phenoxy) is 1. The molecule has 1 aliphatic heterocycles. The van der Waals surface area contributed by atoms with Crippen molar-refractivity contribution in [2.45, 2.75) is 11.3 Å². The summed E-state index contributed by atoms with van der Waals surface area (Å²) in [5.74, 6) is 2.20. The normalized spacial score (nSPS) is 18.3. The van der Waals surface area contributed by atoms with Crippen molar-refractivity contribution in [2.24, 2.45) is 5.92 Å². The van der Waals surface area contributed by atoms with Gasteiger partial charge in [0.25, 0.3) is 0 Å². The fourth-order valence-corrected chi connectivity index (χ4v) is 3.22. The van der Waals surface area contributed by atoms with Crippen LogP contribution in [0, 0.1) is 5.92 Å². The second kappa shape index (κ2) is 7.55. The maximum atomic E-state index is 12.2. The van der Waals surface area contributed by atoms with Gasteiger partial charge >= 0.3 is 0 Å². The fourth-order valence-electron chi connectivity index (χ4n) is 2.42. The highest BCUT2D eigenvalue weighted by molar-refractivity contribution is 8.00. The molecule has 110 valence electrons. The molecular formula is C15H22N2O2S. The van der Waals surface area contributed by atoms with E-state index in [4.69, 9.17) is 4.74 Å². The van der Waals surface area contributed by atoms with E-state index in [1.165, 1.54) is 0 Å². The number of hydrogen-bond donors (Lipinski definition) is 1. The van der Waals surface area contributed by atoms with Gasteiger partial charge in [-0.25, -0.2) is 0 Å². The van der Waals surface area contributed by atoms with E-state index >= 15 is 0 Å². The van der Waals surface area contributed by atoms with Crippen LogP contribution in [0.5, 0.6) is 5.75 Å². The Balaban J connectivity index is 1.77. The topological polar surface area (TPSA) is 41.6 Å². The number of amides is 1. The van der Waals surface area contributed by atoms with Gasteiger partial charge in [0, 0.05) is 18.0 Å². The van der Waals surface area contributed by atoms with Crippen LogP contribution in [0.4, 0.5) is 0 Å². The van der Waals surface area contributed by atoms with Crippen molar-refractivity contribution in [3.05, 3.63) is 24.3 Å². The van der Waals surface area contributed by atoms with Crippen molar-refractivity contribution in [1.29, 1.82) is 0 Å². The first-order chi connectivity index (χ1) is 9.72. The molecule has 1 amide bonds. The molecule has 20 heavy (non-hydrogen) atoms. The molecule has 0 saturated carbocycles. The number of benzene rings is 1. The summed E-state index contributed by atoms with van der Waals surface area (Å²) in [6.07, 6.45) is 1.11. The predicted octanol–water partition coefficient (Wildman–Crippen LogP) is 1.86. The summed E-state index contributed by atoms with van der Waals surface area (Å²) in [5, 5.41) is 3.18. The Labute approximate surface area is 124 Å². The van der Waals surface area contributed by atoms with Gasteiger partial charge in [-0.1, -0.05) is 0 Å². The van der Waals surface area contributed by atoms with Crippen LogP contribution in [0.15, 0.2) is 29.2 Å². The van der Waals surface area contributed by atoms with Gasteiger partial charge in [0.1, 0.15) is 5.75 Å². The zero-order valence-electron chi connectivity index (χ0n) is 12.1. The summed E-state index contributed by atoms with van der Waals surface area (Å²) in [6, 6.07) is 7.83. The number of nitrogens with zero attached hydrogens (tertiary/aromatic N) is 1. The van der Waals surface area contributed by atoms with Gasteiger partial charge in [0.2, 0.25) is 5.91 Å². The van der Waals surface area contributed by atoms with E-state index in [1.54, 1.807) is 18.9 Å². The number of nitrogens with one attached hydrogen (secondary N) is 1. The van der Waals surface area contributed by atoms with E-state index in [0.29, 0.717) is 11.7 Å². The molecular weight excluding hydrogens is 272 g/mol. The van der Waals surface area contributed by atoms with Gasteiger partial charge in [-0.3, -0.25) is 4.79 Å². The Morgan fingerprint density at radius 1 is 1.45 bits per heavy atom. The number of carbonyl (C=O) groups excluding carboxylic acids is 1. The second-order valence-electron chi connectivity index (χ2n) is 5.02. The van der Waals surface area contributed by atoms with Crippen molar-refractivity contribution in [3.63, 3.8) is 0 Å². The van der Waals surface area contributed by atoms with E-state index in [-0.39, 0.29) is 5.91 Å². The lowest BCUT2D eigenvalue weighted by atomic mass is 10.1. The molecule has 1 fully saturated rings. The Bertz CT molecular complexity index is 436. The lowest BCUT2D eigenvalue weighted by Crippen LogP contribution is -2.31. The molecule has 5 heteroatoms. The third-order valence-corrected chi connectivity index (χ3v) is 4.55. The van der Waals surface area contributed by atoms with E-state index in [1.807, 2.05) is 36.2 Å². The molecule has 4 nitrogen and oxygen atoms in total. The Kier molecular flexibility index (Phi) is 5.73. The van der Waals surface area contributed by atoms with Crippen LogP contribution in [-0.2, 0) is 4.79 Å². The minimum atomic E-state index is 0.240. The van der Waals surface area contributed by atoms with Crippen LogP contribution in [-0.4, -0.2) is 50.4 Å². The summed E-state index contributed by atoms with van der Waals surface area (Å²) in [4.78, 5) is 15.2. The predicted molar refractivity (Wildman–Crippen MR) is 82.3 cm³/mol. The molecule has 1 heterocycles. The lowest BCUT2D eigenvalue weighted by Gasteiger charge is -2.16. The first-order valence-corrected chi connectivity index (χ1v) is 7.90. The Hall–Kier alpha value is -1.20. The first-order valence-electron chi connectivity index (χ1n) is 6.92. The number of methoxy groups -OCH3 is 1. The fraction of sp³-hybridized carbons (Fsp3) is 0.533. The molecule has 0 aliphatic carbocycles. The molecule has 1 aliphatic rings. The summed E-state index contributed by atoms with van der Waals surface area (Å²) in [7, 11) is 3.62. The quantitative estimate of drug-likeness (QED) is 0.813. The van der Waals surface area contributed by atoms with Gasteiger partial charge in [-0.15, -0.1) is 11.8 Å². The van der Waals surface area contributed by atoms with Crippen molar-refractivity contribution < 1.29 is 9.53 Å². The van der Waals surface area contributed by atoms with Crippen LogP contribution in [0.2, 0.25) is 0 Å². The number of rotatable bonds is 6. The molecule has 0 bridgehead atoms. The van der Waals surface area contributed by atoms with Gasteiger partial charge in [-0.2, -0.15) is 0 Å². The van der Waals surface area contributed by atoms with Crippen LogP contribution in [0.25, 0.3) is 0 Å². The SMILES string of the molecule is CNCC1CCN(C(=O)CSc2ccc(OC)cc2)C1. The molecule has 2 rings (SSSR count). The third kappa shape index (κ3) is 4.15. The van der Waals surface area contributed by atoms with Crippen LogP contribution in [0.1, 0.15) is 6.42 Å². The van der Waals surface area contributed by atoms with Crippen molar-refractivity contribution >= 4 is 17.7 Å². The zero-order chi connectivity index (χ0) is 14.4. The molecule has 0 spiro atoms. The highest BCUT2D eigenvalue weighted by Gasteiger charge is 2.25. The third-order valence-electron chi connectivity index (χ3n) is 3.55. The van der Waals surface area contributed by atoms with Gasteiger partial charge in [0.05, 0.1) is 12.9 Å². The van der Waals surface area contributed by atoms with Crippen LogP contribution in [0.3, 0.4) is 0 Å². The number of likely N-dealkylation sites (tertiary alicyclic amines) is 1. The maximum absolute atomic E-state index is 12.2. The summed E-state index contributed by atoms with van der Waals surface area (Å²) in [5.41, 5.74) is 0. The smallest absolute Gasteiger partial charge is 0.232 e. The van der Waals surface area contributed by atoms with Gasteiger partial charge < -0.3 is 15.0 Å². The largest absolute Gasteiger partial charge is 0.497 e. The second-order valence-corrected chi connectivity index (χ2v) is 6.07. The molecule has 1 aromatic rings. The van der Waals surface area contributed by atoms with Crippen molar-refractivity contribution in [1.82, 2.24) is 10.2 Å². The standard InChI is InChI=1S/C15H22N2O2S/c1-16-9-12-7-8-17(10-12)15(18)11-20-14-5-3-13(19-2)4-6-14/h3-6,12,16H,7-11H2,1-2H3. The summed E-state index contributed by atoms with van der Waals surface area (Å²) >= 11 is 1.59. The van der Waals surface area contributed by atoms with Gasteiger partial charge in [0.15, 0.2) is 0 Å². The first kappa shape index (κ1) is 15.2. The maximum Gasteiger partial charge on any atom is 0.232 e. The highest BCUT2D eigenvalue weighted by atomic mass is 32.2. The Morgan fingerprint density at radius 2 is 2.20 bits per heavy atom. The number of thioether (sulfide) groups is 1.